The lowest BCUT2D eigenvalue weighted by Crippen LogP contribution is -2.61. The second kappa shape index (κ2) is 7.78. The van der Waals surface area contributed by atoms with Crippen LogP contribution < -0.4 is 0 Å². The number of rotatable bonds is 4. The Bertz CT molecular complexity index is 964. The van der Waals surface area contributed by atoms with Gasteiger partial charge in [0, 0.05) is 29.1 Å². The lowest BCUT2D eigenvalue weighted by molar-refractivity contribution is -0.178. The zero-order valence-electron chi connectivity index (χ0n) is 18.9. The zero-order chi connectivity index (χ0) is 22.7. The van der Waals surface area contributed by atoms with Gasteiger partial charge >= 0.3 is 0 Å². The largest absolute Gasteiger partial charge is 0.393 e. The molecule has 3 saturated carbocycles. The Hall–Kier alpha value is -1.50. The lowest BCUT2D eigenvalue weighted by Gasteiger charge is -2.60. The van der Waals surface area contributed by atoms with E-state index in [-0.39, 0.29) is 40.5 Å². The number of hydrogen-bond donors (Lipinski definition) is 2. The molecule has 1 aromatic rings. The molecule has 5 rings (SSSR count). The van der Waals surface area contributed by atoms with Crippen LogP contribution in [-0.2, 0) is 9.59 Å². The first-order chi connectivity index (χ1) is 15.2. The fraction of sp³-hybridized carbons (Fsp3) is 0.654. The molecule has 0 amide bonds. The Labute approximate surface area is 194 Å². The summed E-state index contributed by atoms with van der Waals surface area (Å²) in [7, 11) is 0. The van der Waals surface area contributed by atoms with Crippen molar-refractivity contribution >= 4 is 23.3 Å². The summed E-state index contributed by atoms with van der Waals surface area (Å²) in [5.74, 6) is 0.886. The van der Waals surface area contributed by atoms with Gasteiger partial charge in [-0.25, -0.2) is 0 Å². The van der Waals surface area contributed by atoms with E-state index in [9.17, 15) is 19.8 Å². The van der Waals surface area contributed by atoms with E-state index in [2.05, 4.69) is 11.9 Å². The lowest BCUT2D eigenvalue weighted by atomic mass is 9.45. The minimum absolute atomic E-state index is 0.0947. The molecule has 0 bridgehead atoms. The summed E-state index contributed by atoms with van der Waals surface area (Å²) < 4.78 is 0. The summed E-state index contributed by atoms with van der Waals surface area (Å²) in [6, 6.07) is 3.75. The number of carbonyl (C=O) groups is 2. The molecule has 5 nitrogen and oxygen atoms in total. The predicted molar refractivity (Wildman–Crippen MR) is 123 cm³/mol. The monoisotopic (exact) mass is 455 g/mol. The molecule has 0 saturated heterocycles. The third-order valence-electron chi connectivity index (χ3n) is 9.53. The Morgan fingerprint density at radius 2 is 1.94 bits per heavy atom. The van der Waals surface area contributed by atoms with Crippen molar-refractivity contribution in [2.24, 2.45) is 28.6 Å². The van der Waals surface area contributed by atoms with Crippen LogP contribution in [0.25, 0.3) is 0 Å². The number of hydrogen-bond acceptors (Lipinski definition) is 6. The van der Waals surface area contributed by atoms with Crippen molar-refractivity contribution in [2.75, 3.05) is 5.75 Å². The first-order valence-corrected chi connectivity index (χ1v) is 12.9. The van der Waals surface area contributed by atoms with Crippen molar-refractivity contribution in [3.63, 3.8) is 0 Å². The first-order valence-electron chi connectivity index (χ1n) is 11.9. The third-order valence-corrected chi connectivity index (χ3v) is 10.5. The van der Waals surface area contributed by atoms with Crippen LogP contribution in [0.4, 0.5) is 0 Å². The van der Waals surface area contributed by atoms with E-state index in [0.717, 1.165) is 30.6 Å². The highest BCUT2D eigenvalue weighted by molar-refractivity contribution is 8.00. The summed E-state index contributed by atoms with van der Waals surface area (Å²) in [5, 5.41) is 23.3. The quantitative estimate of drug-likeness (QED) is 0.668. The number of carbonyl (C=O) groups excluding carboxylic acids is 2. The Balaban J connectivity index is 1.40. The second-order valence-electron chi connectivity index (χ2n) is 10.9. The van der Waals surface area contributed by atoms with Crippen LogP contribution >= 0.6 is 11.8 Å². The number of fused-ring (bicyclic) bond motifs is 5. The van der Waals surface area contributed by atoms with E-state index in [1.807, 2.05) is 25.1 Å². The summed E-state index contributed by atoms with van der Waals surface area (Å²) in [6.07, 6.45) is 9.56. The third kappa shape index (κ3) is 3.17. The number of pyridine rings is 1. The SMILES string of the molecule is CC12CCC(=O)C=C1CCC1C2C(O)CC2(C)C1CC[C@]2(O)C(=O)CSc1ccncc1. The number of Topliss-reactive ketones (excluding diaryl/α,β-unsaturated/α-hetero) is 1. The van der Waals surface area contributed by atoms with E-state index >= 15 is 0 Å². The van der Waals surface area contributed by atoms with E-state index in [1.54, 1.807) is 12.4 Å². The molecule has 4 aliphatic rings. The van der Waals surface area contributed by atoms with Crippen LogP contribution in [0.2, 0.25) is 0 Å². The molecule has 172 valence electrons. The molecule has 6 heteroatoms. The Morgan fingerprint density at radius 3 is 2.69 bits per heavy atom. The fourth-order valence-corrected chi connectivity index (χ4v) is 8.70. The highest BCUT2D eigenvalue weighted by atomic mass is 32.2. The van der Waals surface area contributed by atoms with Gasteiger partial charge in [0.05, 0.1) is 11.9 Å². The zero-order valence-corrected chi connectivity index (χ0v) is 19.7. The Morgan fingerprint density at radius 1 is 1.19 bits per heavy atom. The van der Waals surface area contributed by atoms with Gasteiger partial charge in [0.1, 0.15) is 5.60 Å². The Kier molecular flexibility index (Phi) is 5.42. The number of ketones is 2. The van der Waals surface area contributed by atoms with E-state index < -0.39 is 17.1 Å². The van der Waals surface area contributed by atoms with Gasteiger partial charge in [0.25, 0.3) is 0 Å². The van der Waals surface area contributed by atoms with Crippen molar-refractivity contribution in [1.82, 2.24) is 4.98 Å². The average molecular weight is 456 g/mol. The van der Waals surface area contributed by atoms with Gasteiger partial charge in [0.2, 0.25) is 0 Å². The van der Waals surface area contributed by atoms with Crippen molar-refractivity contribution in [1.29, 1.82) is 0 Å². The van der Waals surface area contributed by atoms with Gasteiger partial charge < -0.3 is 10.2 Å². The fourth-order valence-electron chi connectivity index (χ4n) is 7.85. The highest BCUT2D eigenvalue weighted by Gasteiger charge is 2.68. The van der Waals surface area contributed by atoms with E-state index in [4.69, 9.17) is 0 Å². The van der Waals surface area contributed by atoms with Gasteiger partial charge in [-0.2, -0.15) is 0 Å². The second-order valence-corrected chi connectivity index (χ2v) is 11.9. The average Bonchev–Trinajstić information content (AvgIpc) is 3.04. The van der Waals surface area contributed by atoms with E-state index in [0.29, 0.717) is 19.3 Å². The molecule has 7 atom stereocenters. The molecule has 3 fully saturated rings. The highest BCUT2D eigenvalue weighted by Crippen LogP contribution is 2.67. The summed E-state index contributed by atoms with van der Waals surface area (Å²) in [4.78, 5) is 30.4. The molecule has 32 heavy (non-hydrogen) atoms. The number of aliphatic hydroxyl groups is 2. The minimum Gasteiger partial charge on any atom is -0.393 e. The summed E-state index contributed by atoms with van der Waals surface area (Å²) in [6.45, 7) is 4.27. The van der Waals surface area contributed by atoms with Gasteiger partial charge in [-0.1, -0.05) is 19.4 Å². The van der Waals surface area contributed by atoms with Gasteiger partial charge in [-0.05, 0) is 79.9 Å². The smallest absolute Gasteiger partial charge is 0.175 e. The van der Waals surface area contributed by atoms with Crippen LogP contribution in [-0.4, -0.2) is 44.2 Å². The van der Waals surface area contributed by atoms with Crippen LogP contribution in [0.5, 0.6) is 0 Å². The summed E-state index contributed by atoms with van der Waals surface area (Å²) in [5.41, 5.74) is -0.968. The van der Waals surface area contributed by atoms with Crippen molar-refractivity contribution in [2.45, 2.75) is 75.4 Å². The van der Waals surface area contributed by atoms with Crippen molar-refractivity contribution < 1.29 is 19.8 Å². The molecule has 0 radical (unpaired) electrons. The number of nitrogens with zero attached hydrogens (tertiary/aromatic N) is 1. The molecular formula is C26H33NO4S. The predicted octanol–water partition coefficient (Wildman–Crippen LogP) is 3.98. The molecule has 6 unspecified atom stereocenters. The number of aromatic nitrogens is 1. The van der Waals surface area contributed by atoms with Crippen LogP contribution in [0, 0.1) is 28.6 Å². The summed E-state index contributed by atoms with van der Waals surface area (Å²) >= 11 is 1.44. The van der Waals surface area contributed by atoms with Crippen LogP contribution in [0.3, 0.4) is 0 Å². The maximum atomic E-state index is 13.4. The van der Waals surface area contributed by atoms with Crippen LogP contribution in [0.15, 0.2) is 41.1 Å². The minimum atomic E-state index is -1.40. The standard InChI is InChI=1S/C26H33NO4S/c1-24-9-5-17(28)13-16(24)3-4-19-20-6-10-26(31,25(20,2)14-21(29)23(19)24)22(30)15-32-18-7-11-27-12-8-18/h7-8,11-13,19-21,23,29,31H,3-6,9-10,14-15H2,1-2H3/t19?,20?,21?,23?,24?,25?,26-/m0/s1. The topological polar surface area (TPSA) is 87.5 Å². The molecule has 2 N–H and O–H groups in total. The van der Waals surface area contributed by atoms with E-state index in [1.165, 1.54) is 17.3 Å². The molecule has 0 aliphatic heterocycles. The van der Waals surface area contributed by atoms with Crippen LogP contribution in [0.1, 0.15) is 58.8 Å². The number of thioether (sulfide) groups is 1. The number of aliphatic hydroxyl groups excluding tert-OH is 1. The molecule has 1 heterocycles. The van der Waals surface area contributed by atoms with Crippen molar-refractivity contribution in [3.8, 4) is 0 Å². The normalized spacial score (nSPS) is 43.1. The van der Waals surface area contributed by atoms with Gasteiger partial charge in [0.15, 0.2) is 11.6 Å². The molecule has 1 aromatic heterocycles. The molecule has 0 spiro atoms. The van der Waals surface area contributed by atoms with Gasteiger partial charge in [-0.15, -0.1) is 11.8 Å². The molecule has 0 aromatic carbocycles. The molecular weight excluding hydrogens is 422 g/mol. The first kappa shape index (κ1) is 22.3. The van der Waals surface area contributed by atoms with Crippen molar-refractivity contribution in [3.05, 3.63) is 36.2 Å². The van der Waals surface area contributed by atoms with Gasteiger partial charge in [-0.3, -0.25) is 14.6 Å². The maximum Gasteiger partial charge on any atom is 0.175 e. The maximum absolute atomic E-state index is 13.4. The molecule has 4 aliphatic carbocycles. The number of allylic oxidation sites excluding steroid dienone is 1.